The van der Waals surface area contributed by atoms with Crippen LogP contribution in [0.4, 0.5) is 4.79 Å². The number of benzene rings is 1. The van der Waals surface area contributed by atoms with E-state index < -0.39 is 12.1 Å². The average molecular weight is 236 g/mol. The Labute approximate surface area is 99.7 Å². The van der Waals surface area contributed by atoms with E-state index in [2.05, 4.69) is 22.3 Å². The molecule has 92 valence electrons. The van der Waals surface area contributed by atoms with Crippen LogP contribution in [0, 0.1) is 0 Å². The molecule has 3 N–H and O–H groups in total. The molecule has 0 saturated carbocycles. The van der Waals surface area contributed by atoms with E-state index in [0.29, 0.717) is 6.54 Å². The third-order valence-corrected chi connectivity index (χ3v) is 2.93. The van der Waals surface area contributed by atoms with E-state index in [1.807, 2.05) is 12.1 Å². The summed E-state index contributed by atoms with van der Waals surface area (Å²) in [5.74, 6) is 0. The van der Waals surface area contributed by atoms with Gasteiger partial charge in [-0.05, 0) is 11.1 Å². The van der Waals surface area contributed by atoms with Gasteiger partial charge in [-0.1, -0.05) is 24.3 Å². The highest BCUT2D eigenvalue weighted by atomic mass is 16.4. The number of aliphatic hydroxyl groups excluding tert-OH is 1. The topological polar surface area (TPSA) is 72.8 Å². The molecular formula is C12H16N2O3. The minimum atomic E-state index is -1.10. The lowest BCUT2D eigenvalue weighted by atomic mass is 10.1. The smallest absolute Gasteiger partial charge is 0.405 e. The maximum absolute atomic E-state index is 10.5. The molecule has 0 fully saturated rings. The molecule has 0 aliphatic carbocycles. The van der Waals surface area contributed by atoms with Crippen LogP contribution >= 0.6 is 0 Å². The van der Waals surface area contributed by atoms with Crippen molar-refractivity contribution in [2.75, 3.05) is 13.2 Å². The third kappa shape index (κ3) is 2.95. The molecule has 0 saturated heterocycles. The van der Waals surface area contributed by atoms with Crippen molar-refractivity contribution in [3.05, 3.63) is 35.4 Å². The Morgan fingerprint density at radius 3 is 2.41 bits per heavy atom. The predicted octanol–water partition coefficient (Wildman–Crippen LogP) is 0.631. The van der Waals surface area contributed by atoms with Crippen molar-refractivity contribution in [3.8, 4) is 0 Å². The molecule has 0 unspecified atom stereocenters. The molecule has 1 aliphatic rings. The summed E-state index contributed by atoms with van der Waals surface area (Å²) in [5, 5.41) is 20.0. The zero-order chi connectivity index (χ0) is 12.3. The standard InChI is InChI=1S/C12H16N2O3/c15-8-11(13-12(16)17)7-14-5-9-3-1-2-4-10(9)6-14/h1-4,11,13,15H,5-8H2,(H,16,17)/t11-/m1/s1. The summed E-state index contributed by atoms with van der Waals surface area (Å²) in [4.78, 5) is 12.6. The second-order valence-electron chi connectivity index (χ2n) is 4.27. The van der Waals surface area contributed by atoms with Crippen molar-refractivity contribution < 1.29 is 15.0 Å². The van der Waals surface area contributed by atoms with Crippen molar-refractivity contribution in [2.24, 2.45) is 0 Å². The van der Waals surface area contributed by atoms with E-state index in [-0.39, 0.29) is 6.61 Å². The second-order valence-corrected chi connectivity index (χ2v) is 4.27. The van der Waals surface area contributed by atoms with Crippen molar-refractivity contribution >= 4 is 6.09 Å². The molecule has 0 radical (unpaired) electrons. The van der Waals surface area contributed by atoms with E-state index in [1.54, 1.807) is 0 Å². The third-order valence-electron chi connectivity index (χ3n) is 2.93. The molecule has 5 heteroatoms. The largest absolute Gasteiger partial charge is 0.465 e. The number of carbonyl (C=O) groups is 1. The van der Waals surface area contributed by atoms with Crippen molar-refractivity contribution in [2.45, 2.75) is 19.1 Å². The van der Waals surface area contributed by atoms with Crippen molar-refractivity contribution in [1.29, 1.82) is 0 Å². The fourth-order valence-corrected chi connectivity index (χ4v) is 2.17. The van der Waals surface area contributed by atoms with Crippen LogP contribution in [0.3, 0.4) is 0 Å². The van der Waals surface area contributed by atoms with Gasteiger partial charge in [-0.15, -0.1) is 0 Å². The lowest BCUT2D eigenvalue weighted by molar-refractivity contribution is 0.157. The first-order chi connectivity index (χ1) is 8.19. The van der Waals surface area contributed by atoms with Gasteiger partial charge in [-0.25, -0.2) is 4.79 Å². The molecule has 5 nitrogen and oxygen atoms in total. The lowest BCUT2D eigenvalue weighted by Crippen LogP contribution is -2.44. The molecule has 1 heterocycles. The minimum absolute atomic E-state index is 0.181. The lowest BCUT2D eigenvalue weighted by Gasteiger charge is -2.21. The summed E-state index contributed by atoms with van der Waals surface area (Å²) in [5.41, 5.74) is 2.55. The molecule has 0 aromatic heterocycles. The molecule has 17 heavy (non-hydrogen) atoms. The molecule has 1 aromatic rings. The highest BCUT2D eigenvalue weighted by Crippen LogP contribution is 2.21. The number of hydrogen-bond donors (Lipinski definition) is 3. The summed E-state index contributed by atoms with van der Waals surface area (Å²) in [6.07, 6.45) is -1.10. The number of nitrogens with one attached hydrogen (secondary N) is 1. The van der Waals surface area contributed by atoms with Crippen LogP contribution in [-0.4, -0.2) is 40.4 Å². The average Bonchev–Trinajstić information content (AvgIpc) is 2.69. The number of carboxylic acid groups (broad SMARTS) is 1. The van der Waals surface area contributed by atoms with Gasteiger partial charge in [-0.2, -0.15) is 0 Å². The van der Waals surface area contributed by atoms with Gasteiger partial charge < -0.3 is 15.5 Å². The van der Waals surface area contributed by atoms with E-state index in [0.717, 1.165) is 13.1 Å². The summed E-state index contributed by atoms with van der Waals surface area (Å²) in [6.45, 7) is 1.97. The molecule has 1 aliphatic heterocycles. The van der Waals surface area contributed by atoms with E-state index in [1.165, 1.54) is 11.1 Å². The Morgan fingerprint density at radius 2 is 1.94 bits per heavy atom. The fraction of sp³-hybridized carbons (Fsp3) is 0.417. The van der Waals surface area contributed by atoms with Crippen molar-refractivity contribution in [1.82, 2.24) is 10.2 Å². The molecule has 1 amide bonds. The monoisotopic (exact) mass is 236 g/mol. The Balaban J connectivity index is 1.92. The van der Waals surface area contributed by atoms with Gasteiger partial charge in [0.15, 0.2) is 0 Å². The quantitative estimate of drug-likeness (QED) is 0.717. The van der Waals surface area contributed by atoms with E-state index >= 15 is 0 Å². The first kappa shape index (κ1) is 11.9. The van der Waals surface area contributed by atoms with Crippen molar-refractivity contribution in [3.63, 3.8) is 0 Å². The van der Waals surface area contributed by atoms with Gasteiger partial charge in [0.05, 0.1) is 12.6 Å². The molecule has 2 rings (SSSR count). The van der Waals surface area contributed by atoms with Crippen LogP contribution in [0.1, 0.15) is 11.1 Å². The van der Waals surface area contributed by atoms with Crippen LogP contribution in [0.15, 0.2) is 24.3 Å². The number of amides is 1. The summed E-state index contributed by atoms with van der Waals surface area (Å²) in [6, 6.07) is 7.73. The SMILES string of the molecule is O=C(O)N[C@@H](CO)CN1Cc2ccccc2C1. The van der Waals surface area contributed by atoms with Gasteiger partial charge in [0.25, 0.3) is 0 Å². The maximum atomic E-state index is 10.5. The maximum Gasteiger partial charge on any atom is 0.405 e. The molecule has 1 aromatic carbocycles. The summed E-state index contributed by atoms with van der Waals surface area (Å²) in [7, 11) is 0. The number of nitrogens with zero attached hydrogens (tertiary/aromatic N) is 1. The zero-order valence-electron chi connectivity index (χ0n) is 9.47. The van der Waals surface area contributed by atoms with Gasteiger partial charge in [0.1, 0.15) is 0 Å². The highest BCUT2D eigenvalue weighted by molar-refractivity contribution is 5.64. The van der Waals surface area contributed by atoms with Gasteiger partial charge in [0, 0.05) is 19.6 Å². The van der Waals surface area contributed by atoms with Crippen LogP contribution in [0.2, 0.25) is 0 Å². The van der Waals surface area contributed by atoms with Gasteiger partial charge in [-0.3, -0.25) is 4.90 Å². The number of aliphatic hydroxyl groups is 1. The fourth-order valence-electron chi connectivity index (χ4n) is 2.17. The second kappa shape index (κ2) is 5.16. The van der Waals surface area contributed by atoms with Gasteiger partial charge in [0.2, 0.25) is 0 Å². The van der Waals surface area contributed by atoms with E-state index in [9.17, 15) is 4.79 Å². The molecule has 0 bridgehead atoms. The number of hydrogen-bond acceptors (Lipinski definition) is 3. The van der Waals surface area contributed by atoms with Crippen LogP contribution in [0.25, 0.3) is 0 Å². The normalized spacial score (nSPS) is 16.5. The highest BCUT2D eigenvalue weighted by Gasteiger charge is 2.21. The van der Waals surface area contributed by atoms with Crippen LogP contribution in [0.5, 0.6) is 0 Å². The Kier molecular flexibility index (Phi) is 3.61. The molecular weight excluding hydrogens is 220 g/mol. The van der Waals surface area contributed by atoms with E-state index in [4.69, 9.17) is 10.2 Å². The Bertz CT molecular complexity index is 383. The predicted molar refractivity (Wildman–Crippen MR) is 62.6 cm³/mol. The molecule has 0 spiro atoms. The summed E-state index contributed by atoms with van der Waals surface area (Å²) >= 11 is 0. The number of rotatable bonds is 4. The van der Waals surface area contributed by atoms with Crippen LogP contribution < -0.4 is 5.32 Å². The minimum Gasteiger partial charge on any atom is -0.465 e. The van der Waals surface area contributed by atoms with Gasteiger partial charge >= 0.3 is 6.09 Å². The Morgan fingerprint density at radius 1 is 1.35 bits per heavy atom. The summed E-state index contributed by atoms with van der Waals surface area (Å²) < 4.78 is 0. The first-order valence-electron chi connectivity index (χ1n) is 5.58. The number of fused-ring (bicyclic) bond motifs is 1. The zero-order valence-corrected chi connectivity index (χ0v) is 9.47. The molecule has 1 atom stereocenters. The van der Waals surface area contributed by atoms with Crippen LogP contribution in [-0.2, 0) is 13.1 Å². The first-order valence-corrected chi connectivity index (χ1v) is 5.58. The Hall–Kier alpha value is -1.59.